The highest BCUT2D eigenvalue weighted by molar-refractivity contribution is 7.89. The number of aliphatic hydroxyl groups is 1. The summed E-state index contributed by atoms with van der Waals surface area (Å²) in [5.74, 6) is -0.636. The molecule has 5 nitrogen and oxygen atoms in total. The number of nitrogen functional groups attached to an aromatic ring is 1. The number of sulfonamides is 1. The van der Waals surface area contributed by atoms with Gasteiger partial charge in [-0.15, -0.1) is 0 Å². The number of aliphatic hydroxyl groups excluding tert-OH is 1. The Balaban J connectivity index is 3.34. The summed E-state index contributed by atoms with van der Waals surface area (Å²) < 4.78 is 40.3. The van der Waals surface area contributed by atoms with Crippen molar-refractivity contribution in [2.75, 3.05) is 12.3 Å². The summed E-state index contributed by atoms with van der Waals surface area (Å²) in [7, 11) is -3.84. The molecule has 1 aromatic rings. The molecule has 0 saturated heterocycles. The molecule has 0 aliphatic carbocycles. The summed E-state index contributed by atoms with van der Waals surface area (Å²) in [5.41, 5.74) is 5.81. The van der Waals surface area contributed by atoms with Gasteiger partial charge in [0.15, 0.2) is 0 Å². The highest BCUT2D eigenvalue weighted by Gasteiger charge is 2.25. The molecule has 4 N–H and O–H groups in total. The zero-order valence-electron chi connectivity index (χ0n) is 11.2. The zero-order valence-corrected chi connectivity index (χ0v) is 12.0. The molecule has 0 unspecified atom stereocenters. The van der Waals surface area contributed by atoms with Crippen molar-refractivity contribution in [2.24, 2.45) is 0 Å². The largest absolute Gasteiger partial charge is 0.396 e. The number of hydrogen-bond donors (Lipinski definition) is 3. The van der Waals surface area contributed by atoms with Gasteiger partial charge in [0.25, 0.3) is 0 Å². The molecular formula is C12H19FN2O3S. The highest BCUT2D eigenvalue weighted by atomic mass is 32.2. The van der Waals surface area contributed by atoms with Gasteiger partial charge in [-0.3, -0.25) is 0 Å². The zero-order chi connectivity index (χ0) is 14.8. The first kappa shape index (κ1) is 15.9. The maximum Gasteiger partial charge on any atom is 0.241 e. The fourth-order valence-electron chi connectivity index (χ4n) is 1.87. The van der Waals surface area contributed by atoms with Crippen LogP contribution >= 0.6 is 0 Å². The lowest BCUT2D eigenvalue weighted by Gasteiger charge is -2.18. The van der Waals surface area contributed by atoms with Gasteiger partial charge in [0.05, 0.1) is 17.2 Å². The van der Waals surface area contributed by atoms with Crippen molar-refractivity contribution in [3.63, 3.8) is 0 Å². The maximum atomic E-state index is 13.4. The minimum absolute atomic E-state index is 0.0294. The lowest BCUT2D eigenvalue weighted by atomic mass is 10.1. The van der Waals surface area contributed by atoms with E-state index in [1.807, 2.05) is 0 Å². The quantitative estimate of drug-likeness (QED) is 0.707. The van der Waals surface area contributed by atoms with Gasteiger partial charge in [0, 0.05) is 6.04 Å². The molecule has 19 heavy (non-hydrogen) atoms. The third-order valence-electron chi connectivity index (χ3n) is 3.01. The molecule has 1 atom stereocenters. The van der Waals surface area contributed by atoms with Gasteiger partial charge in [-0.2, -0.15) is 0 Å². The fraction of sp³-hybridized carbons (Fsp3) is 0.500. The predicted molar refractivity (Wildman–Crippen MR) is 71.8 cm³/mol. The number of hydrogen-bond acceptors (Lipinski definition) is 4. The molecule has 0 heterocycles. The molecule has 0 amide bonds. The predicted octanol–water partition coefficient (Wildman–Crippen LogP) is 1.07. The Morgan fingerprint density at radius 3 is 2.53 bits per heavy atom. The lowest BCUT2D eigenvalue weighted by molar-refractivity contribution is 0.254. The number of nitrogens with two attached hydrogens (primary N) is 1. The van der Waals surface area contributed by atoms with E-state index in [4.69, 9.17) is 10.8 Å². The van der Waals surface area contributed by atoms with Crippen molar-refractivity contribution in [3.8, 4) is 0 Å². The molecule has 0 aliphatic rings. The maximum absolute atomic E-state index is 13.4. The second-order valence-corrected chi connectivity index (χ2v) is 6.10. The standard InChI is InChI=1S/C12H19FN2O3S/c1-4-9(6-16)15-19(17,18)12-7(2)5-10(13)11(14)8(12)3/h5,9,15-16H,4,6,14H2,1-3H3/t9-/m1/s1. The molecule has 0 aromatic heterocycles. The van der Waals surface area contributed by atoms with Gasteiger partial charge in [0.2, 0.25) is 10.0 Å². The second-order valence-electron chi connectivity index (χ2n) is 4.45. The number of benzene rings is 1. The number of nitrogens with one attached hydrogen (secondary N) is 1. The Bertz CT molecular complexity index is 569. The van der Waals surface area contributed by atoms with Crippen LogP contribution in [-0.4, -0.2) is 26.2 Å². The average molecular weight is 290 g/mol. The van der Waals surface area contributed by atoms with Crippen molar-refractivity contribution < 1.29 is 17.9 Å². The minimum atomic E-state index is -3.84. The third kappa shape index (κ3) is 3.23. The van der Waals surface area contributed by atoms with Gasteiger partial charge >= 0.3 is 0 Å². The van der Waals surface area contributed by atoms with E-state index in [1.165, 1.54) is 13.8 Å². The van der Waals surface area contributed by atoms with Crippen LogP contribution in [0.15, 0.2) is 11.0 Å². The van der Waals surface area contributed by atoms with Crippen molar-refractivity contribution >= 4 is 15.7 Å². The van der Waals surface area contributed by atoms with Crippen LogP contribution < -0.4 is 10.5 Å². The Morgan fingerprint density at radius 2 is 2.05 bits per heavy atom. The van der Waals surface area contributed by atoms with E-state index in [2.05, 4.69) is 4.72 Å². The first-order valence-electron chi connectivity index (χ1n) is 5.93. The first-order chi connectivity index (χ1) is 8.74. The van der Waals surface area contributed by atoms with Crippen molar-refractivity contribution in [3.05, 3.63) is 23.0 Å². The molecule has 0 saturated carbocycles. The molecule has 1 rings (SSSR count). The van der Waals surface area contributed by atoms with Crippen LogP contribution in [0.1, 0.15) is 24.5 Å². The summed E-state index contributed by atoms with van der Waals surface area (Å²) in [6, 6.07) is 0.520. The third-order valence-corrected chi connectivity index (χ3v) is 4.82. The number of aryl methyl sites for hydroxylation is 1. The van der Waals surface area contributed by atoms with E-state index < -0.39 is 21.9 Å². The SMILES string of the molecule is CC[C@H](CO)NS(=O)(=O)c1c(C)cc(F)c(N)c1C. The Morgan fingerprint density at radius 1 is 1.47 bits per heavy atom. The molecule has 0 spiro atoms. The van der Waals surface area contributed by atoms with Crippen LogP contribution in [0, 0.1) is 19.7 Å². The Kier molecular flexibility index (Phi) is 4.89. The molecule has 0 radical (unpaired) electrons. The van der Waals surface area contributed by atoms with E-state index in [0.29, 0.717) is 6.42 Å². The van der Waals surface area contributed by atoms with Gasteiger partial charge in [-0.05, 0) is 37.5 Å². The second kappa shape index (κ2) is 5.85. The van der Waals surface area contributed by atoms with Gasteiger partial charge < -0.3 is 10.8 Å². The van der Waals surface area contributed by atoms with E-state index in [-0.39, 0.29) is 28.3 Å². The number of anilines is 1. The van der Waals surface area contributed by atoms with Crippen molar-refractivity contribution in [2.45, 2.75) is 38.1 Å². The fourth-order valence-corrected chi connectivity index (χ4v) is 3.67. The molecule has 108 valence electrons. The van der Waals surface area contributed by atoms with Gasteiger partial charge in [-0.1, -0.05) is 6.92 Å². The molecule has 0 aliphatic heterocycles. The highest BCUT2D eigenvalue weighted by Crippen LogP contribution is 2.27. The molecule has 0 bridgehead atoms. The van der Waals surface area contributed by atoms with Gasteiger partial charge in [-0.25, -0.2) is 17.5 Å². The number of rotatable bonds is 5. The molecule has 1 aromatic carbocycles. The van der Waals surface area contributed by atoms with E-state index in [1.54, 1.807) is 6.92 Å². The summed E-state index contributed by atoms with van der Waals surface area (Å²) in [6.45, 7) is 4.41. The molecule has 0 fully saturated rings. The molecular weight excluding hydrogens is 271 g/mol. The van der Waals surface area contributed by atoms with Crippen molar-refractivity contribution in [1.29, 1.82) is 0 Å². The van der Waals surface area contributed by atoms with Crippen LogP contribution in [0.2, 0.25) is 0 Å². The summed E-state index contributed by atoms with van der Waals surface area (Å²) in [6.07, 6.45) is 0.449. The topological polar surface area (TPSA) is 92.4 Å². The van der Waals surface area contributed by atoms with E-state index >= 15 is 0 Å². The summed E-state index contributed by atoms with van der Waals surface area (Å²) in [5, 5.41) is 9.06. The van der Waals surface area contributed by atoms with Crippen LogP contribution in [0.5, 0.6) is 0 Å². The monoisotopic (exact) mass is 290 g/mol. The Hall–Kier alpha value is -1.18. The normalized spacial score (nSPS) is 13.5. The number of halogens is 1. The summed E-state index contributed by atoms with van der Waals surface area (Å²) in [4.78, 5) is -0.0294. The first-order valence-corrected chi connectivity index (χ1v) is 7.41. The smallest absolute Gasteiger partial charge is 0.241 e. The van der Waals surface area contributed by atoms with Crippen LogP contribution in [0.25, 0.3) is 0 Å². The van der Waals surface area contributed by atoms with Gasteiger partial charge in [0.1, 0.15) is 5.82 Å². The van der Waals surface area contributed by atoms with Crippen LogP contribution in [0.4, 0.5) is 10.1 Å². The van der Waals surface area contributed by atoms with Crippen LogP contribution in [-0.2, 0) is 10.0 Å². The lowest BCUT2D eigenvalue weighted by Crippen LogP contribution is -2.37. The minimum Gasteiger partial charge on any atom is -0.396 e. The summed E-state index contributed by atoms with van der Waals surface area (Å²) >= 11 is 0. The van der Waals surface area contributed by atoms with Crippen LogP contribution in [0.3, 0.4) is 0 Å². The van der Waals surface area contributed by atoms with E-state index in [0.717, 1.165) is 6.07 Å². The van der Waals surface area contributed by atoms with Crippen molar-refractivity contribution in [1.82, 2.24) is 4.72 Å². The molecule has 7 heteroatoms. The average Bonchev–Trinajstić information content (AvgIpc) is 2.32. The Labute approximate surface area is 112 Å². The van der Waals surface area contributed by atoms with E-state index in [9.17, 15) is 12.8 Å².